The van der Waals surface area contributed by atoms with Gasteiger partial charge in [0.25, 0.3) is 0 Å². The average Bonchev–Trinajstić information content (AvgIpc) is 3.79. The molecule has 4 heterocycles. The molecule has 2 aromatic heterocycles. The molecule has 0 saturated heterocycles. The van der Waals surface area contributed by atoms with Crippen molar-refractivity contribution in [1.29, 1.82) is 0 Å². The van der Waals surface area contributed by atoms with Crippen LogP contribution in [-0.4, -0.2) is 9.13 Å². The summed E-state index contributed by atoms with van der Waals surface area (Å²) in [6, 6.07) is 53.9. The maximum atomic E-state index is 2.52. The summed E-state index contributed by atoms with van der Waals surface area (Å²) in [5, 5.41) is 2.63. The molecule has 2 heteroatoms. The molecular formula is C46H36N2. The molecule has 0 unspecified atom stereocenters. The van der Waals surface area contributed by atoms with Crippen molar-refractivity contribution in [2.75, 3.05) is 0 Å². The summed E-state index contributed by atoms with van der Waals surface area (Å²) in [6.07, 6.45) is 0. The summed E-state index contributed by atoms with van der Waals surface area (Å²) in [7, 11) is 0. The third-order valence-corrected chi connectivity index (χ3v) is 11.2. The highest BCUT2D eigenvalue weighted by Crippen LogP contribution is 2.54. The van der Waals surface area contributed by atoms with E-state index in [0.29, 0.717) is 0 Å². The molecule has 2 aliphatic heterocycles. The van der Waals surface area contributed by atoms with E-state index < -0.39 is 0 Å². The monoisotopic (exact) mass is 616 g/mol. The first-order chi connectivity index (χ1) is 23.4. The first kappa shape index (κ1) is 27.5. The van der Waals surface area contributed by atoms with Gasteiger partial charge in [-0.2, -0.15) is 0 Å². The fourth-order valence-corrected chi connectivity index (χ4v) is 9.04. The summed E-state index contributed by atoms with van der Waals surface area (Å²) in [6.45, 7) is 9.59. The van der Waals surface area contributed by atoms with Crippen LogP contribution < -0.4 is 0 Å². The summed E-state index contributed by atoms with van der Waals surface area (Å²) in [4.78, 5) is 0. The lowest BCUT2D eigenvalue weighted by atomic mass is 9.78. The van der Waals surface area contributed by atoms with E-state index in [1.54, 1.807) is 0 Å². The summed E-state index contributed by atoms with van der Waals surface area (Å²) in [5.41, 5.74) is 18.0. The second kappa shape index (κ2) is 9.49. The van der Waals surface area contributed by atoms with Gasteiger partial charge in [-0.25, -0.2) is 0 Å². The molecule has 6 aromatic carbocycles. The van der Waals surface area contributed by atoms with Gasteiger partial charge >= 0.3 is 0 Å². The zero-order valence-electron chi connectivity index (χ0n) is 27.8. The highest BCUT2D eigenvalue weighted by Gasteiger charge is 2.42. The second-order valence-electron chi connectivity index (χ2n) is 14.6. The average molecular weight is 617 g/mol. The molecule has 2 nitrogen and oxygen atoms in total. The smallest absolute Gasteiger partial charge is 0.0538 e. The Morgan fingerprint density at radius 2 is 0.750 bits per heavy atom. The Balaban J connectivity index is 1.14. The van der Waals surface area contributed by atoms with E-state index in [1.807, 2.05) is 0 Å². The Labute approximate surface area is 281 Å². The zero-order valence-corrected chi connectivity index (χ0v) is 27.8. The number of hydrogen-bond donors (Lipinski definition) is 0. The van der Waals surface area contributed by atoms with Gasteiger partial charge < -0.3 is 9.13 Å². The van der Waals surface area contributed by atoms with Gasteiger partial charge in [0.1, 0.15) is 0 Å². The van der Waals surface area contributed by atoms with Crippen molar-refractivity contribution in [2.24, 2.45) is 0 Å². The lowest BCUT2D eigenvalue weighted by Crippen LogP contribution is -2.17. The number of nitrogens with zero attached hydrogens (tertiary/aromatic N) is 2. The van der Waals surface area contributed by atoms with Gasteiger partial charge in [0.2, 0.25) is 0 Å². The van der Waals surface area contributed by atoms with Crippen molar-refractivity contribution >= 4 is 21.8 Å². The Morgan fingerprint density at radius 3 is 1.17 bits per heavy atom. The molecule has 0 aliphatic carbocycles. The molecule has 0 fully saturated rings. The topological polar surface area (TPSA) is 9.86 Å². The fraction of sp³-hybridized carbons (Fsp3) is 0.130. The molecule has 0 N–H and O–H groups in total. The first-order valence-corrected chi connectivity index (χ1v) is 17.0. The second-order valence-corrected chi connectivity index (χ2v) is 14.6. The molecule has 2 aliphatic rings. The Kier molecular flexibility index (Phi) is 5.44. The van der Waals surface area contributed by atoms with Crippen LogP contribution in [0.1, 0.15) is 50.2 Å². The van der Waals surface area contributed by atoms with Gasteiger partial charge in [-0.3, -0.25) is 0 Å². The lowest BCUT2D eigenvalue weighted by molar-refractivity contribution is 0.646. The molecule has 0 saturated carbocycles. The van der Waals surface area contributed by atoms with Crippen molar-refractivity contribution < 1.29 is 0 Å². The zero-order chi connectivity index (χ0) is 32.4. The molecular weight excluding hydrogens is 581 g/mol. The third kappa shape index (κ3) is 3.47. The predicted molar refractivity (Wildman–Crippen MR) is 201 cm³/mol. The van der Waals surface area contributed by atoms with Gasteiger partial charge in [-0.15, -0.1) is 0 Å². The standard InChI is InChI=1S/C46H36N2/c1-45(2)35-27-31(23-25-39(35)47-37-21-13-11-19-33(37)41(43(45)47)29-15-7-5-8-16-29)32-24-26-40-36(28-32)46(3,4)44-42(30-17-9-6-10-18-30)34-20-12-14-22-38(34)48(40)44/h5-28H,1-4H3. The number of aromatic nitrogens is 2. The van der Waals surface area contributed by atoms with Crippen LogP contribution in [0, 0.1) is 0 Å². The van der Waals surface area contributed by atoms with Gasteiger partial charge in [0, 0.05) is 44.1 Å². The minimum Gasteiger partial charge on any atom is -0.312 e. The van der Waals surface area contributed by atoms with E-state index in [0.717, 1.165) is 0 Å². The summed E-state index contributed by atoms with van der Waals surface area (Å²) < 4.78 is 5.04. The molecule has 0 atom stereocenters. The number of benzene rings is 6. The number of rotatable bonds is 3. The van der Waals surface area contributed by atoms with Crippen LogP contribution in [0.3, 0.4) is 0 Å². The van der Waals surface area contributed by atoms with E-state index >= 15 is 0 Å². The van der Waals surface area contributed by atoms with E-state index in [9.17, 15) is 0 Å². The SMILES string of the molecule is CC1(C)c2cc(-c3ccc4c(c3)C(C)(C)c3c(-c5ccccc5)c5ccccc5n3-4)ccc2-n2c1c(-c1ccccc1)c1ccccc12. The van der Waals surface area contributed by atoms with Crippen LogP contribution in [-0.2, 0) is 10.8 Å². The number of hydrogen-bond acceptors (Lipinski definition) is 0. The summed E-state index contributed by atoms with van der Waals surface area (Å²) in [5.74, 6) is 0. The first-order valence-electron chi connectivity index (χ1n) is 17.0. The van der Waals surface area contributed by atoms with E-state index in [1.165, 1.54) is 89.1 Å². The largest absolute Gasteiger partial charge is 0.312 e. The third-order valence-electron chi connectivity index (χ3n) is 11.2. The predicted octanol–water partition coefficient (Wildman–Crippen LogP) is 11.9. The molecule has 230 valence electrons. The molecule has 0 radical (unpaired) electrons. The molecule has 0 amide bonds. The van der Waals surface area contributed by atoms with E-state index in [-0.39, 0.29) is 10.8 Å². The molecule has 0 spiro atoms. The Bertz CT molecular complexity index is 2410. The van der Waals surface area contributed by atoms with Crippen LogP contribution in [0.4, 0.5) is 0 Å². The van der Waals surface area contributed by atoms with E-state index in [2.05, 4.69) is 182 Å². The minimum absolute atomic E-state index is 0.173. The Hall–Kier alpha value is -5.60. The van der Waals surface area contributed by atoms with Crippen molar-refractivity contribution in [3.63, 3.8) is 0 Å². The van der Waals surface area contributed by atoms with Crippen LogP contribution in [0.5, 0.6) is 0 Å². The van der Waals surface area contributed by atoms with Crippen molar-refractivity contribution in [2.45, 2.75) is 38.5 Å². The van der Waals surface area contributed by atoms with Gasteiger partial charge in [0.05, 0.1) is 22.4 Å². The Morgan fingerprint density at radius 1 is 0.375 bits per heavy atom. The maximum Gasteiger partial charge on any atom is 0.0538 e. The van der Waals surface area contributed by atoms with Crippen molar-refractivity contribution in [3.05, 3.63) is 168 Å². The molecule has 8 aromatic rings. The van der Waals surface area contributed by atoms with Crippen LogP contribution in [0.15, 0.2) is 146 Å². The maximum absolute atomic E-state index is 2.52. The number of para-hydroxylation sites is 2. The van der Waals surface area contributed by atoms with Gasteiger partial charge in [-0.1, -0.05) is 137 Å². The minimum atomic E-state index is -0.173. The van der Waals surface area contributed by atoms with Crippen LogP contribution >= 0.6 is 0 Å². The quantitative estimate of drug-likeness (QED) is 0.187. The fourth-order valence-electron chi connectivity index (χ4n) is 9.04. The van der Waals surface area contributed by atoms with Crippen molar-refractivity contribution in [3.8, 4) is 44.8 Å². The van der Waals surface area contributed by atoms with Crippen molar-refractivity contribution in [1.82, 2.24) is 9.13 Å². The van der Waals surface area contributed by atoms with Gasteiger partial charge in [-0.05, 0) is 69.8 Å². The number of fused-ring (bicyclic) bond motifs is 10. The van der Waals surface area contributed by atoms with Crippen LogP contribution in [0.25, 0.3) is 66.6 Å². The molecule has 0 bridgehead atoms. The van der Waals surface area contributed by atoms with Crippen LogP contribution in [0.2, 0.25) is 0 Å². The highest BCUT2D eigenvalue weighted by atomic mass is 15.1. The molecule has 48 heavy (non-hydrogen) atoms. The van der Waals surface area contributed by atoms with E-state index in [4.69, 9.17) is 0 Å². The van der Waals surface area contributed by atoms with Gasteiger partial charge in [0.15, 0.2) is 0 Å². The lowest BCUT2D eigenvalue weighted by Gasteiger charge is -2.23. The normalized spacial score (nSPS) is 15.0. The molecule has 10 rings (SSSR count). The highest BCUT2D eigenvalue weighted by molar-refractivity contribution is 6.03. The summed E-state index contributed by atoms with van der Waals surface area (Å²) >= 11 is 0.